The van der Waals surface area contributed by atoms with Crippen LogP contribution in [0.4, 0.5) is 4.39 Å². The van der Waals surface area contributed by atoms with E-state index in [1.807, 2.05) is 26.8 Å². The molecule has 1 N–H and O–H groups in total. The molecule has 20 heavy (non-hydrogen) atoms. The zero-order valence-electron chi connectivity index (χ0n) is 11.9. The first-order valence-corrected chi connectivity index (χ1v) is 7.46. The molecule has 0 amide bonds. The molecule has 1 aliphatic rings. The summed E-state index contributed by atoms with van der Waals surface area (Å²) >= 11 is 3.14. The van der Waals surface area contributed by atoms with Gasteiger partial charge in [-0.1, -0.05) is 6.07 Å². The van der Waals surface area contributed by atoms with E-state index >= 15 is 0 Å². The lowest BCUT2D eigenvalue weighted by Gasteiger charge is -2.24. The van der Waals surface area contributed by atoms with Crippen LogP contribution in [0.5, 0.6) is 0 Å². The number of nitrogens with one attached hydrogen (secondary N) is 1. The Balaban J connectivity index is 2.18. The van der Waals surface area contributed by atoms with Gasteiger partial charge in [0.25, 0.3) is 0 Å². The Labute approximate surface area is 127 Å². The Morgan fingerprint density at radius 2 is 2.10 bits per heavy atom. The smallest absolute Gasteiger partial charge is 0.311 e. The molecule has 2 atom stereocenters. The highest BCUT2D eigenvalue weighted by Gasteiger charge is 2.37. The van der Waals surface area contributed by atoms with Crippen LogP contribution in [0.2, 0.25) is 0 Å². The number of carbonyl (C=O) groups is 1. The zero-order chi connectivity index (χ0) is 14.9. The van der Waals surface area contributed by atoms with Crippen LogP contribution in [-0.4, -0.2) is 24.7 Å². The lowest BCUT2D eigenvalue weighted by molar-refractivity contribution is -0.159. The monoisotopic (exact) mass is 343 g/mol. The van der Waals surface area contributed by atoms with E-state index in [1.54, 1.807) is 6.07 Å². The van der Waals surface area contributed by atoms with Crippen LogP contribution in [-0.2, 0) is 9.53 Å². The van der Waals surface area contributed by atoms with E-state index in [4.69, 9.17) is 4.74 Å². The molecule has 1 saturated heterocycles. The molecule has 0 aliphatic carbocycles. The first kappa shape index (κ1) is 15.4. The third kappa shape index (κ3) is 3.58. The molecule has 0 bridgehead atoms. The predicted molar refractivity (Wildman–Crippen MR) is 79.0 cm³/mol. The van der Waals surface area contributed by atoms with Crippen LogP contribution in [0.1, 0.15) is 32.3 Å². The van der Waals surface area contributed by atoms with E-state index in [0.29, 0.717) is 17.6 Å². The van der Waals surface area contributed by atoms with Crippen molar-refractivity contribution in [1.82, 2.24) is 5.32 Å². The molecule has 110 valence electrons. The molecule has 2 rings (SSSR count). The third-order valence-corrected chi connectivity index (χ3v) is 3.94. The average molecular weight is 344 g/mol. The van der Waals surface area contributed by atoms with Gasteiger partial charge >= 0.3 is 5.97 Å². The van der Waals surface area contributed by atoms with Crippen molar-refractivity contribution in [3.05, 3.63) is 34.1 Å². The van der Waals surface area contributed by atoms with Gasteiger partial charge in [0.05, 0.1) is 10.4 Å². The number of hydrogen-bond donors (Lipinski definition) is 1. The number of ether oxygens (including phenoxy) is 1. The fourth-order valence-corrected chi connectivity index (χ4v) is 2.64. The molecule has 0 aromatic heterocycles. The minimum atomic E-state index is -0.505. The minimum Gasteiger partial charge on any atom is -0.460 e. The number of benzene rings is 1. The quantitative estimate of drug-likeness (QED) is 0.837. The maximum absolute atomic E-state index is 13.6. The van der Waals surface area contributed by atoms with Crippen molar-refractivity contribution in [2.24, 2.45) is 5.92 Å². The van der Waals surface area contributed by atoms with Crippen LogP contribution >= 0.6 is 15.9 Å². The van der Waals surface area contributed by atoms with Crippen molar-refractivity contribution in [2.75, 3.05) is 13.1 Å². The van der Waals surface area contributed by atoms with E-state index < -0.39 is 5.60 Å². The Morgan fingerprint density at radius 1 is 1.40 bits per heavy atom. The number of carbonyl (C=O) groups excluding carboxylic acids is 1. The lowest BCUT2D eigenvalue weighted by atomic mass is 9.89. The molecule has 2 unspecified atom stereocenters. The summed E-state index contributed by atoms with van der Waals surface area (Å²) in [5, 5.41) is 3.19. The van der Waals surface area contributed by atoms with Crippen molar-refractivity contribution in [1.29, 1.82) is 0 Å². The van der Waals surface area contributed by atoms with Crippen LogP contribution in [0, 0.1) is 11.7 Å². The first-order valence-electron chi connectivity index (χ1n) is 6.66. The Kier molecular flexibility index (Phi) is 4.49. The second-order valence-corrected chi connectivity index (χ2v) is 6.93. The molecule has 3 nitrogen and oxygen atoms in total. The number of halogens is 2. The molecule has 1 fully saturated rings. The first-order chi connectivity index (χ1) is 9.28. The minimum absolute atomic E-state index is 0.0487. The van der Waals surface area contributed by atoms with Crippen LogP contribution in [0.15, 0.2) is 22.7 Å². The molecule has 0 saturated carbocycles. The van der Waals surface area contributed by atoms with Crippen molar-refractivity contribution >= 4 is 21.9 Å². The molecule has 1 aromatic carbocycles. The Bertz CT molecular complexity index is 513. The predicted octanol–water partition coefficient (Wildman–Crippen LogP) is 3.23. The van der Waals surface area contributed by atoms with Crippen LogP contribution in [0.3, 0.4) is 0 Å². The molecule has 1 aliphatic heterocycles. The fraction of sp³-hybridized carbons (Fsp3) is 0.533. The lowest BCUT2D eigenvalue weighted by Crippen LogP contribution is -2.31. The van der Waals surface area contributed by atoms with Crippen LogP contribution < -0.4 is 5.32 Å². The van der Waals surface area contributed by atoms with Gasteiger partial charge in [0, 0.05) is 19.0 Å². The topological polar surface area (TPSA) is 38.3 Å². The van der Waals surface area contributed by atoms with E-state index in [0.717, 1.165) is 5.56 Å². The Morgan fingerprint density at radius 3 is 2.70 bits per heavy atom. The largest absolute Gasteiger partial charge is 0.460 e. The summed E-state index contributed by atoms with van der Waals surface area (Å²) in [6.07, 6.45) is 0. The van der Waals surface area contributed by atoms with Crippen molar-refractivity contribution in [3.8, 4) is 0 Å². The highest BCUT2D eigenvalue weighted by Crippen LogP contribution is 2.32. The molecule has 1 heterocycles. The standard InChI is InChI=1S/C15H19BrFNO2/c1-15(2,3)20-14(19)11-8-18-7-10(11)9-4-5-12(16)13(17)6-9/h4-6,10-11,18H,7-8H2,1-3H3. The fourth-order valence-electron chi connectivity index (χ4n) is 2.40. The van der Waals surface area contributed by atoms with Crippen molar-refractivity contribution < 1.29 is 13.9 Å². The summed E-state index contributed by atoms with van der Waals surface area (Å²) in [5.41, 5.74) is 0.321. The van der Waals surface area contributed by atoms with Crippen molar-refractivity contribution in [3.63, 3.8) is 0 Å². The van der Waals surface area contributed by atoms with E-state index in [-0.39, 0.29) is 23.6 Å². The second kappa shape index (κ2) is 5.82. The highest BCUT2D eigenvalue weighted by atomic mass is 79.9. The molecular formula is C15H19BrFNO2. The van der Waals surface area contributed by atoms with Gasteiger partial charge in [-0.2, -0.15) is 0 Å². The normalized spacial score (nSPS) is 22.9. The van der Waals surface area contributed by atoms with Gasteiger partial charge in [0.15, 0.2) is 0 Å². The average Bonchev–Trinajstić information content (AvgIpc) is 2.79. The SMILES string of the molecule is CC(C)(C)OC(=O)C1CNCC1c1ccc(Br)c(F)c1. The van der Waals surface area contributed by atoms with Gasteiger partial charge in [0.2, 0.25) is 0 Å². The summed E-state index contributed by atoms with van der Waals surface area (Å²) in [6, 6.07) is 5.01. The van der Waals surface area contributed by atoms with Gasteiger partial charge in [0.1, 0.15) is 11.4 Å². The maximum atomic E-state index is 13.6. The van der Waals surface area contributed by atoms with Gasteiger partial charge in [-0.25, -0.2) is 4.39 Å². The molecule has 1 aromatic rings. The highest BCUT2D eigenvalue weighted by molar-refractivity contribution is 9.10. The molecule has 0 radical (unpaired) electrons. The number of hydrogen-bond acceptors (Lipinski definition) is 3. The summed E-state index contributed by atoms with van der Waals surface area (Å²) in [5.74, 6) is -0.851. The summed E-state index contributed by atoms with van der Waals surface area (Å²) in [7, 11) is 0. The Hall–Kier alpha value is -0.940. The molecule has 5 heteroatoms. The van der Waals surface area contributed by atoms with Gasteiger partial charge in [-0.3, -0.25) is 4.79 Å². The van der Waals surface area contributed by atoms with E-state index in [1.165, 1.54) is 6.07 Å². The summed E-state index contributed by atoms with van der Waals surface area (Å²) < 4.78 is 19.5. The van der Waals surface area contributed by atoms with E-state index in [2.05, 4.69) is 21.2 Å². The van der Waals surface area contributed by atoms with Gasteiger partial charge in [-0.15, -0.1) is 0 Å². The molecular weight excluding hydrogens is 325 g/mol. The number of esters is 1. The van der Waals surface area contributed by atoms with Gasteiger partial charge < -0.3 is 10.1 Å². The van der Waals surface area contributed by atoms with Gasteiger partial charge in [-0.05, 0) is 54.4 Å². The third-order valence-electron chi connectivity index (χ3n) is 3.30. The van der Waals surface area contributed by atoms with E-state index in [9.17, 15) is 9.18 Å². The molecule has 0 spiro atoms. The summed E-state index contributed by atoms with van der Waals surface area (Å²) in [6.45, 7) is 6.77. The number of rotatable bonds is 2. The van der Waals surface area contributed by atoms with Crippen molar-refractivity contribution in [2.45, 2.75) is 32.3 Å². The zero-order valence-corrected chi connectivity index (χ0v) is 13.5. The van der Waals surface area contributed by atoms with Crippen LogP contribution in [0.25, 0.3) is 0 Å². The second-order valence-electron chi connectivity index (χ2n) is 6.08. The maximum Gasteiger partial charge on any atom is 0.311 e. The summed E-state index contributed by atoms with van der Waals surface area (Å²) in [4.78, 5) is 12.2.